The highest BCUT2D eigenvalue weighted by atomic mass is 35.5. The molecule has 1 N–H and O–H groups in total. The van der Waals surface area contributed by atoms with Gasteiger partial charge in [0.2, 0.25) is 0 Å². The van der Waals surface area contributed by atoms with Gasteiger partial charge in [-0.2, -0.15) is 0 Å². The van der Waals surface area contributed by atoms with Crippen molar-refractivity contribution in [1.29, 1.82) is 0 Å². The number of aromatic nitrogens is 2. The smallest absolute Gasteiger partial charge is 0.253 e. The Morgan fingerprint density at radius 2 is 1.67 bits per heavy atom. The van der Waals surface area contributed by atoms with Crippen LogP contribution in [0, 0.1) is 0 Å². The predicted molar refractivity (Wildman–Crippen MR) is 99.8 cm³/mol. The van der Waals surface area contributed by atoms with Crippen LogP contribution in [0.1, 0.15) is 16.8 Å². The molecule has 0 bridgehead atoms. The van der Waals surface area contributed by atoms with E-state index < -0.39 is 0 Å². The number of para-hydroxylation sites is 3. The molecule has 3 rings (SSSR count). The van der Waals surface area contributed by atoms with Gasteiger partial charge < -0.3 is 10.2 Å². The van der Waals surface area contributed by atoms with Crippen LogP contribution in [0.5, 0.6) is 0 Å². The number of carbonyl (C=O) groups excluding carboxylic acids is 1. The fraction of sp³-hybridized carbons (Fsp3) is 0.278. The average Bonchev–Trinajstić information content (AvgIpc) is 2.56. The largest absolute Gasteiger partial charge is 0.352 e. The minimum absolute atomic E-state index is 0. The van der Waals surface area contributed by atoms with Gasteiger partial charge in [-0.3, -0.25) is 4.79 Å². The van der Waals surface area contributed by atoms with Crippen molar-refractivity contribution in [3.8, 4) is 0 Å². The topological polar surface area (TPSA) is 58.1 Å². The molecule has 3 aromatic rings. The summed E-state index contributed by atoms with van der Waals surface area (Å²) in [6.45, 7) is 1.59. The van der Waals surface area contributed by atoms with Gasteiger partial charge in [0, 0.05) is 6.54 Å². The first kappa shape index (κ1) is 18.1. The number of halogens is 1. The molecule has 1 amide bonds. The Balaban J connectivity index is 0.00000208. The second-order valence-electron chi connectivity index (χ2n) is 5.80. The van der Waals surface area contributed by atoms with Crippen LogP contribution in [0.4, 0.5) is 0 Å². The molecule has 0 atom stereocenters. The van der Waals surface area contributed by atoms with Crippen LogP contribution in [-0.2, 0) is 0 Å². The Morgan fingerprint density at radius 1 is 1.00 bits per heavy atom. The number of amides is 1. The van der Waals surface area contributed by atoms with Gasteiger partial charge in [0.1, 0.15) is 5.52 Å². The highest BCUT2D eigenvalue weighted by Gasteiger charge is 2.12. The van der Waals surface area contributed by atoms with Gasteiger partial charge in [0.15, 0.2) is 0 Å². The summed E-state index contributed by atoms with van der Waals surface area (Å²) >= 11 is 0. The predicted octanol–water partition coefficient (Wildman–Crippen LogP) is 2.89. The van der Waals surface area contributed by atoms with Gasteiger partial charge in [-0.05, 0) is 51.3 Å². The molecular weight excluding hydrogens is 324 g/mol. The lowest BCUT2D eigenvalue weighted by atomic mass is 10.1. The lowest BCUT2D eigenvalue weighted by Crippen LogP contribution is -2.27. The normalized spacial score (nSPS) is 10.8. The van der Waals surface area contributed by atoms with E-state index >= 15 is 0 Å². The number of hydrogen-bond donors (Lipinski definition) is 1. The summed E-state index contributed by atoms with van der Waals surface area (Å²) in [4.78, 5) is 23.8. The van der Waals surface area contributed by atoms with Crippen LogP contribution in [0.2, 0.25) is 0 Å². The minimum atomic E-state index is -0.0982. The minimum Gasteiger partial charge on any atom is -0.352 e. The van der Waals surface area contributed by atoms with Crippen molar-refractivity contribution in [1.82, 2.24) is 20.2 Å². The first-order valence-electron chi connectivity index (χ1n) is 7.73. The van der Waals surface area contributed by atoms with E-state index in [1.807, 2.05) is 50.5 Å². The van der Waals surface area contributed by atoms with Crippen LogP contribution < -0.4 is 5.32 Å². The third kappa shape index (κ3) is 3.99. The molecule has 0 saturated carbocycles. The fourth-order valence-corrected chi connectivity index (χ4v) is 2.52. The van der Waals surface area contributed by atoms with Crippen LogP contribution >= 0.6 is 12.4 Å². The van der Waals surface area contributed by atoms with Gasteiger partial charge in [0.05, 0.1) is 22.1 Å². The van der Waals surface area contributed by atoms with Crippen molar-refractivity contribution < 1.29 is 4.79 Å². The summed E-state index contributed by atoms with van der Waals surface area (Å²) < 4.78 is 0. The molecule has 0 fully saturated rings. The van der Waals surface area contributed by atoms with Crippen molar-refractivity contribution in [3.63, 3.8) is 0 Å². The van der Waals surface area contributed by atoms with E-state index in [4.69, 9.17) is 0 Å². The molecular formula is C18H21ClN4O. The second-order valence-corrected chi connectivity index (χ2v) is 5.80. The Labute approximate surface area is 147 Å². The highest BCUT2D eigenvalue weighted by Crippen LogP contribution is 2.19. The number of nitrogens with one attached hydrogen (secondary N) is 1. The number of carbonyl (C=O) groups is 1. The zero-order valence-electron chi connectivity index (χ0n) is 13.8. The Kier molecular flexibility index (Phi) is 6.06. The zero-order valence-corrected chi connectivity index (χ0v) is 14.6. The third-order valence-corrected chi connectivity index (χ3v) is 3.68. The van der Waals surface area contributed by atoms with Crippen LogP contribution in [0.25, 0.3) is 22.1 Å². The summed E-state index contributed by atoms with van der Waals surface area (Å²) in [6, 6.07) is 13.2. The highest BCUT2D eigenvalue weighted by molar-refractivity contribution is 6.05. The molecule has 5 nitrogen and oxygen atoms in total. The number of fused-ring (bicyclic) bond motifs is 2. The molecule has 2 aromatic carbocycles. The zero-order chi connectivity index (χ0) is 16.2. The maximum Gasteiger partial charge on any atom is 0.253 e. The SMILES string of the molecule is CN(C)CCCNC(=O)c1cccc2nc3ccccc3nc12.Cl. The van der Waals surface area contributed by atoms with E-state index in [2.05, 4.69) is 20.2 Å². The molecule has 0 radical (unpaired) electrons. The average molecular weight is 345 g/mol. The van der Waals surface area contributed by atoms with Gasteiger partial charge in [0.25, 0.3) is 5.91 Å². The molecule has 0 saturated heterocycles. The van der Waals surface area contributed by atoms with E-state index in [9.17, 15) is 4.79 Å². The summed E-state index contributed by atoms with van der Waals surface area (Å²) in [5.41, 5.74) is 3.60. The lowest BCUT2D eigenvalue weighted by Gasteiger charge is -2.11. The molecule has 126 valence electrons. The van der Waals surface area contributed by atoms with Crippen LogP contribution in [0.3, 0.4) is 0 Å². The Hall–Kier alpha value is -2.24. The second kappa shape index (κ2) is 8.04. The molecule has 1 aromatic heterocycles. The van der Waals surface area contributed by atoms with E-state index in [0.29, 0.717) is 17.6 Å². The van der Waals surface area contributed by atoms with Crippen molar-refractivity contribution in [2.24, 2.45) is 0 Å². The van der Waals surface area contributed by atoms with Crippen molar-refractivity contribution in [2.75, 3.05) is 27.2 Å². The van der Waals surface area contributed by atoms with Crippen molar-refractivity contribution in [2.45, 2.75) is 6.42 Å². The monoisotopic (exact) mass is 344 g/mol. The van der Waals surface area contributed by atoms with Gasteiger partial charge >= 0.3 is 0 Å². The number of benzene rings is 2. The Bertz CT molecular complexity index is 851. The lowest BCUT2D eigenvalue weighted by molar-refractivity contribution is 0.0954. The fourth-order valence-electron chi connectivity index (χ4n) is 2.52. The maximum absolute atomic E-state index is 12.4. The van der Waals surface area contributed by atoms with E-state index in [1.165, 1.54) is 0 Å². The molecule has 1 heterocycles. The van der Waals surface area contributed by atoms with Gasteiger partial charge in [-0.25, -0.2) is 9.97 Å². The molecule has 0 aliphatic heterocycles. The van der Waals surface area contributed by atoms with E-state index in [0.717, 1.165) is 29.5 Å². The molecule has 0 spiro atoms. The van der Waals surface area contributed by atoms with Gasteiger partial charge in [-0.1, -0.05) is 18.2 Å². The summed E-state index contributed by atoms with van der Waals surface area (Å²) in [6.07, 6.45) is 0.915. The molecule has 24 heavy (non-hydrogen) atoms. The van der Waals surface area contributed by atoms with Crippen molar-refractivity contribution in [3.05, 3.63) is 48.0 Å². The maximum atomic E-state index is 12.4. The van der Waals surface area contributed by atoms with Crippen molar-refractivity contribution >= 4 is 40.4 Å². The standard InChI is InChI=1S/C18H20N4O.ClH/c1-22(2)12-6-11-19-18(23)13-7-5-10-16-17(13)21-15-9-4-3-8-14(15)20-16;/h3-5,7-10H,6,11-12H2,1-2H3,(H,19,23);1H. The molecule has 0 aliphatic rings. The Morgan fingerprint density at radius 3 is 2.38 bits per heavy atom. The number of hydrogen-bond acceptors (Lipinski definition) is 4. The van der Waals surface area contributed by atoms with Crippen LogP contribution in [0.15, 0.2) is 42.5 Å². The molecule has 0 unspecified atom stereocenters. The van der Waals surface area contributed by atoms with E-state index in [-0.39, 0.29) is 18.3 Å². The first-order chi connectivity index (χ1) is 11.1. The summed E-state index contributed by atoms with van der Waals surface area (Å²) in [7, 11) is 4.04. The number of nitrogens with zero attached hydrogens (tertiary/aromatic N) is 3. The molecule has 0 aliphatic carbocycles. The first-order valence-corrected chi connectivity index (χ1v) is 7.73. The third-order valence-electron chi connectivity index (χ3n) is 3.68. The van der Waals surface area contributed by atoms with Crippen LogP contribution in [-0.4, -0.2) is 48.0 Å². The van der Waals surface area contributed by atoms with E-state index in [1.54, 1.807) is 6.07 Å². The number of rotatable bonds is 5. The quantitative estimate of drug-likeness (QED) is 0.571. The summed E-state index contributed by atoms with van der Waals surface area (Å²) in [5.74, 6) is -0.0982. The van der Waals surface area contributed by atoms with Gasteiger partial charge in [-0.15, -0.1) is 12.4 Å². The molecule has 6 heteroatoms. The summed E-state index contributed by atoms with van der Waals surface area (Å²) in [5, 5.41) is 2.96.